The van der Waals surface area contributed by atoms with Gasteiger partial charge in [-0.1, -0.05) is 76.2 Å². The second kappa shape index (κ2) is 32.2. The number of aromatic nitrogens is 1. The average Bonchev–Trinajstić information content (AvgIpc) is 3.97. The van der Waals surface area contributed by atoms with Crippen LogP contribution in [0.3, 0.4) is 0 Å². The molecule has 2 aliphatic rings. The number of carbonyl (C=O) groups is 7. The summed E-state index contributed by atoms with van der Waals surface area (Å²) in [5.41, 5.74) is 6.25. The number of amides is 7. The molecule has 7 unspecified atom stereocenters. The number of fused-ring (bicyclic) bond motifs is 1. The minimum Gasteiger partial charge on any atom is -0.507 e. The van der Waals surface area contributed by atoms with E-state index in [-0.39, 0.29) is 42.9 Å². The van der Waals surface area contributed by atoms with E-state index in [1.165, 1.54) is 31.3 Å². The minimum absolute atomic E-state index is 0.00882. The fourth-order valence-electron chi connectivity index (χ4n) is 9.40. The first-order valence-corrected chi connectivity index (χ1v) is 31.0. The third-order valence-corrected chi connectivity index (χ3v) is 17.7. The molecule has 2 aliphatic heterocycles. The van der Waals surface area contributed by atoms with Gasteiger partial charge in [-0.2, -0.15) is 0 Å². The Morgan fingerprint density at radius 3 is 2.15 bits per heavy atom. The Labute approximate surface area is 505 Å². The summed E-state index contributed by atoms with van der Waals surface area (Å²) in [4.78, 5) is 106. The Morgan fingerprint density at radius 1 is 0.821 bits per heavy atom. The minimum atomic E-state index is -2.45. The van der Waals surface area contributed by atoms with Crippen LogP contribution in [0, 0.1) is 3.57 Å². The van der Waals surface area contributed by atoms with Gasteiger partial charge in [0.05, 0.1) is 41.6 Å². The lowest BCUT2D eigenvalue weighted by atomic mass is 9.96. The van der Waals surface area contributed by atoms with Gasteiger partial charge >= 0.3 is 0 Å². The number of aromatic amines is 1. The number of nitrogens with two attached hydrogens (primary N) is 1. The molecule has 7 amide bonds. The van der Waals surface area contributed by atoms with Crippen molar-refractivity contribution in [3.8, 4) is 5.75 Å². The predicted octanol–water partition coefficient (Wildman–Crippen LogP) is -4.81. The van der Waals surface area contributed by atoms with Crippen molar-refractivity contribution in [1.29, 1.82) is 0 Å². The number of rotatable bonds is 20. The number of para-hydroxylation sites is 1. The molecule has 2 saturated heterocycles. The van der Waals surface area contributed by atoms with E-state index >= 15 is 9.59 Å². The van der Waals surface area contributed by atoms with Crippen molar-refractivity contribution in [2.24, 2.45) is 0 Å². The first kappa shape index (κ1) is 67.4. The van der Waals surface area contributed by atoms with Gasteiger partial charge in [0.25, 0.3) is 5.91 Å². The molecule has 84 heavy (non-hydrogen) atoms. The van der Waals surface area contributed by atoms with Gasteiger partial charge in [0.1, 0.15) is 66.9 Å². The predicted molar refractivity (Wildman–Crippen MR) is 317 cm³/mol. The highest BCUT2D eigenvalue weighted by Crippen LogP contribution is 2.26. The number of nitrogens with one attached hydrogen (secondary N) is 8. The number of quaternary nitrogens is 2. The quantitative estimate of drug-likeness (QED) is 0.0224. The summed E-state index contributed by atoms with van der Waals surface area (Å²) in [6.07, 6.45) is -6.06. The van der Waals surface area contributed by atoms with E-state index in [0.29, 0.717) is 50.5 Å². The molecule has 0 bridgehead atoms. The maximum Gasteiger partial charge on any atom is 0.279 e. The molecule has 0 radical (unpaired) electrons. The number of hydrogen-bond acceptors (Lipinski definition) is 18. The molecule has 6 rings (SSSR count). The second-order valence-electron chi connectivity index (χ2n) is 20.9. The summed E-state index contributed by atoms with van der Waals surface area (Å²) >= 11 is 1.90. The standard InChI is InChI=1S/C55H75IN10O16S2/c1-28(68)40(23-67)63-53(79)42-26-84-83-25-41(64-49(75)37(19-30-10-4-3-5-11-30)59-27-55(81)47(73)46(72)44(71)24-82-55)52(78)61-38(20-31-15-16-43(70)34(56)18-31)50(76)62-39(21-32-22-58-35-13-7-6-12-33(32)35)51(77)60-36(14-8-9-17-57)48(74)66-45(29(2)69)54(80)65-42/h3-7,10-13,15-16,18,22,28-29,36-42,44-47,58-59,67-73,81H,8-9,14,17,19-21,23-27,57H2,1-2H3,(H,60,77)(H,61,78)(H,62,76)(H,63,79)(H,64,75)(H,65,80)(H,66,74)/p+2/t28?,29?,36-,37?,38-,39+,40+,41?,42-,44?,45-,46+,47?,55?/m0/s1. The number of aliphatic hydroxyl groups is 7. The molecule has 4 aromatic rings. The number of hydrogen-bond donors (Lipinski definition) is 18. The molecular weight excluding hydrogens is 1250 g/mol. The van der Waals surface area contributed by atoms with Gasteiger partial charge in [-0.15, -0.1) is 0 Å². The number of halogens is 1. The lowest BCUT2D eigenvalue weighted by Gasteiger charge is -2.40. The van der Waals surface area contributed by atoms with Gasteiger partial charge in [-0.25, -0.2) is 0 Å². The van der Waals surface area contributed by atoms with Gasteiger partial charge in [0.2, 0.25) is 41.2 Å². The summed E-state index contributed by atoms with van der Waals surface area (Å²) in [6, 6.07) is 8.83. The Morgan fingerprint density at radius 2 is 1.48 bits per heavy atom. The van der Waals surface area contributed by atoms with E-state index in [1.807, 2.05) is 34.7 Å². The van der Waals surface area contributed by atoms with Crippen molar-refractivity contribution >= 4 is 96.4 Å². The number of aromatic hydroxyl groups is 1. The van der Waals surface area contributed by atoms with Crippen LogP contribution >= 0.6 is 44.2 Å². The monoisotopic (exact) mass is 1320 g/mol. The summed E-state index contributed by atoms with van der Waals surface area (Å²) in [5.74, 6) is -9.42. The second-order valence-corrected chi connectivity index (χ2v) is 24.7. The molecule has 2 fully saturated rings. The van der Waals surface area contributed by atoms with E-state index < -0.39 is 146 Å². The Balaban J connectivity index is 1.43. The molecule has 3 aromatic carbocycles. The van der Waals surface area contributed by atoms with Crippen LogP contribution in [0.15, 0.2) is 79.0 Å². The van der Waals surface area contributed by atoms with Gasteiger partial charge in [0, 0.05) is 47.9 Å². The molecular formula is C55H77IN10O16S2+2. The molecule has 0 spiro atoms. The highest BCUT2D eigenvalue weighted by atomic mass is 127. The normalized spacial score (nSPS) is 26.7. The van der Waals surface area contributed by atoms with Gasteiger partial charge in [0.15, 0.2) is 6.04 Å². The van der Waals surface area contributed by atoms with Crippen LogP contribution in [0.1, 0.15) is 49.8 Å². The molecule has 0 aliphatic carbocycles. The van der Waals surface area contributed by atoms with Crippen LogP contribution in [-0.4, -0.2) is 210 Å². The van der Waals surface area contributed by atoms with E-state index in [2.05, 4.69) is 47.9 Å². The molecule has 460 valence electrons. The highest BCUT2D eigenvalue weighted by molar-refractivity contribution is 14.1. The number of phenolic OH excluding ortho intramolecular Hbond substituents is 1. The largest absolute Gasteiger partial charge is 0.507 e. The lowest BCUT2D eigenvalue weighted by Crippen LogP contribution is -2.97. The number of carbonyl (C=O) groups excluding carboxylic acids is 7. The first-order chi connectivity index (χ1) is 40.0. The number of benzene rings is 3. The fraction of sp³-hybridized carbons (Fsp3) is 0.509. The summed E-state index contributed by atoms with van der Waals surface area (Å²) in [7, 11) is 1.87. The Kier molecular flexibility index (Phi) is 25.8. The van der Waals surface area contributed by atoms with Crippen LogP contribution in [0.4, 0.5) is 0 Å². The van der Waals surface area contributed by atoms with Crippen molar-refractivity contribution in [3.05, 3.63) is 99.3 Å². The van der Waals surface area contributed by atoms with Crippen LogP contribution < -0.4 is 48.3 Å². The maximum absolute atomic E-state index is 15.1. The Bertz CT molecular complexity index is 2880. The number of unbranched alkanes of at least 4 members (excludes halogenated alkanes) is 1. The van der Waals surface area contributed by atoms with Crippen molar-refractivity contribution < 1.29 is 90.2 Å². The maximum atomic E-state index is 15.1. The van der Waals surface area contributed by atoms with Crippen LogP contribution in [-0.2, 0) is 57.6 Å². The van der Waals surface area contributed by atoms with Crippen molar-refractivity contribution in [2.45, 2.75) is 137 Å². The summed E-state index contributed by atoms with van der Waals surface area (Å²) in [5, 5.41) is 105. The third-order valence-electron chi connectivity index (χ3n) is 14.4. The third kappa shape index (κ3) is 18.9. The van der Waals surface area contributed by atoms with Gasteiger partial charge < -0.3 is 98.8 Å². The molecule has 26 nitrogen and oxygen atoms in total. The number of H-pyrrole nitrogens is 1. The number of aliphatic hydroxyl groups excluding tert-OH is 6. The zero-order valence-electron chi connectivity index (χ0n) is 46.3. The van der Waals surface area contributed by atoms with Gasteiger partial charge in [-0.3, -0.25) is 33.6 Å². The topological polar surface area (TPSA) is 435 Å². The van der Waals surface area contributed by atoms with Crippen LogP contribution in [0.5, 0.6) is 5.75 Å². The fourth-order valence-corrected chi connectivity index (χ4v) is 12.3. The Hall–Kier alpha value is -5.68. The van der Waals surface area contributed by atoms with E-state index in [0.717, 1.165) is 21.6 Å². The van der Waals surface area contributed by atoms with E-state index in [9.17, 15) is 64.8 Å². The summed E-state index contributed by atoms with van der Waals surface area (Å²) in [6.45, 7) is 1.21. The smallest absolute Gasteiger partial charge is 0.279 e. The van der Waals surface area contributed by atoms with Crippen molar-refractivity contribution in [3.63, 3.8) is 0 Å². The zero-order valence-corrected chi connectivity index (χ0v) is 50.1. The summed E-state index contributed by atoms with van der Waals surface area (Å²) < 4.78 is 5.79. The highest BCUT2D eigenvalue weighted by Gasteiger charge is 2.50. The van der Waals surface area contributed by atoms with Crippen molar-refractivity contribution in [2.75, 3.05) is 37.8 Å². The molecule has 0 saturated carbocycles. The average molecular weight is 1330 g/mol. The van der Waals surface area contributed by atoms with E-state index in [4.69, 9.17) is 4.74 Å². The molecule has 21 N–H and O–H groups in total. The lowest BCUT2D eigenvalue weighted by molar-refractivity contribution is -0.700. The molecule has 1 aromatic heterocycles. The van der Waals surface area contributed by atoms with Crippen molar-refractivity contribution in [1.82, 2.24) is 42.2 Å². The zero-order chi connectivity index (χ0) is 61.3. The SMILES string of the molecule is CC(O)[C@@H]1NC(=O)[C@H](CCCC[NH3+])NC(=O)[C@@H](Cc2c[nH]c3ccccc23)NC(=O)[C@H](Cc2ccc(O)c(I)c2)NC(=O)C(NC(=O)C(Cc2ccccc2)[NH2+]CC2(O)OCC(O)[C@@H](O)C2O)CSSC[C@@H](C(=O)N[C@H](CO)C(C)O)NC1=O. The van der Waals surface area contributed by atoms with Gasteiger partial charge in [-0.05, 0) is 90.6 Å². The molecule has 29 heteroatoms. The van der Waals surface area contributed by atoms with Crippen LogP contribution in [0.2, 0.25) is 0 Å². The first-order valence-electron chi connectivity index (χ1n) is 27.5. The number of ether oxygens (including phenoxy) is 1. The molecule has 14 atom stereocenters. The van der Waals surface area contributed by atoms with Crippen LogP contribution in [0.25, 0.3) is 10.9 Å². The number of phenols is 1. The molecule has 3 heterocycles. The van der Waals surface area contributed by atoms with E-state index in [1.54, 1.807) is 54.7 Å².